The van der Waals surface area contributed by atoms with Crippen LogP contribution in [-0.4, -0.2) is 69.8 Å². The number of amides is 1. The Kier molecular flexibility index (Phi) is 12.0. The number of anilines is 1. The molecule has 260 valence electrons. The van der Waals surface area contributed by atoms with E-state index in [1.165, 1.54) is 12.1 Å². The summed E-state index contributed by atoms with van der Waals surface area (Å²) >= 11 is -2.34. The SMILES string of the molecule is C[N+]1=C(C=CC=CC=C2N(CCCCCC(=O)NCCCCO)c3ccc(S(=O)[O-])cc3C2(C)C)C(C)(C)c2cc(S(=O)(=O)O)ccc21. The van der Waals surface area contributed by atoms with E-state index in [1.807, 2.05) is 55.8 Å². The largest absolute Gasteiger partial charge is 0.768 e. The summed E-state index contributed by atoms with van der Waals surface area (Å²) in [6, 6.07) is 9.88. The van der Waals surface area contributed by atoms with Gasteiger partial charge in [0.1, 0.15) is 7.05 Å². The average Bonchev–Trinajstić information content (AvgIpc) is 3.35. The summed E-state index contributed by atoms with van der Waals surface area (Å²) in [5.74, 6) is 0.0228. The second-order valence-corrected chi connectivity index (χ2v) is 15.7. The van der Waals surface area contributed by atoms with Crippen LogP contribution in [0.25, 0.3) is 0 Å². The van der Waals surface area contributed by atoms with Crippen molar-refractivity contribution in [3.05, 3.63) is 83.6 Å². The minimum absolute atomic E-state index is 0.0228. The number of fused-ring (bicyclic) bond motifs is 2. The van der Waals surface area contributed by atoms with Gasteiger partial charge in [-0.25, -0.2) is 0 Å². The molecular weight excluding hydrogens is 651 g/mol. The molecule has 1 unspecified atom stereocenters. The molecule has 0 radical (unpaired) electrons. The molecule has 0 saturated carbocycles. The summed E-state index contributed by atoms with van der Waals surface area (Å²) in [5.41, 5.74) is 4.64. The lowest BCUT2D eigenvalue weighted by atomic mass is 9.81. The summed E-state index contributed by atoms with van der Waals surface area (Å²) in [5, 5.41) is 11.8. The van der Waals surface area contributed by atoms with Crippen molar-refractivity contribution in [3.63, 3.8) is 0 Å². The Morgan fingerprint density at radius 3 is 2.42 bits per heavy atom. The van der Waals surface area contributed by atoms with Crippen LogP contribution in [0.3, 0.4) is 0 Å². The highest BCUT2D eigenvalue weighted by molar-refractivity contribution is 7.85. The van der Waals surface area contributed by atoms with Crippen molar-refractivity contribution in [2.45, 2.75) is 86.8 Å². The van der Waals surface area contributed by atoms with E-state index in [4.69, 9.17) is 5.11 Å². The molecule has 0 spiro atoms. The van der Waals surface area contributed by atoms with Crippen molar-refractivity contribution in [1.29, 1.82) is 0 Å². The summed E-state index contributed by atoms with van der Waals surface area (Å²) < 4.78 is 58.7. The summed E-state index contributed by atoms with van der Waals surface area (Å²) in [6.07, 6.45) is 14.2. The molecule has 4 rings (SSSR count). The zero-order valence-corrected chi connectivity index (χ0v) is 30.0. The van der Waals surface area contributed by atoms with Crippen molar-refractivity contribution < 1.29 is 36.2 Å². The smallest absolute Gasteiger partial charge is 0.294 e. The van der Waals surface area contributed by atoms with E-state index in [0.29, 0.717) is 25.9 Å². The predicted octanol–water partition coefficient (Wildman–Crippen LogP) is 5.42. The quantitative estimate of drug-likeness (QED) is 0.0735. The van der Waals surface area contributed by atoms with E-state index in [-0.39, 0.29) is 22.3 Å². The molecule has 2 aromatic carbocycles. The molecule has 3 N–H and O–H groups in total. The first-order valence-electron chi connectivity index (χ1n) is 16.3. The number of carbonyl (C=O) groups excluding carboxylic acids is 1. The maximum atomic E-state index is 12.1. The van der Waals surface area contributed by atoms with Crippen LogP contribution in [0.4, 0.5) is 11.4 Å². The second kappa shape index (κ2) is 15.4. The monoisotopic (exact) mass is 697 g/mol. The van der Waals surface area contributed by atoms with Crippen LogP contribution in [-0.2, 0) is 36.8 Å². The standard InChI is InChI=1S/C36H47N3O7S2/c1-35(2)29-25-27(48(44,45)46)18-20-30(29)38(5)32(35)14-8-6-9-15-33-36(3,4)28-24-26(47(42)43)17-19-31(28)39(33)22-12-7-10-16-34(41)37-21-11-13-23-40/h6,8-9,14-15,17-20,24-25,40H,7,10-13,16,21-23H2,1-5H3,(H2-,37,41,42,43,44,45,46). The number of nitrogens with one attached hydrogen (secondary N) is 1. The fourth-order valence-corrected chi connectivity index (χ4v) is 7.52. The topological polar surface area (TPSA) is 150 Å². The van der Waals surface area contributed by atoms with Crippen molar-refractivity contribution >= 4 is 44.2 Å². The van der Waals surface area contributed by atoms with E-state index < -0.39 is 32.0 Å². The molecule has 2 aliphatic rings. The van der Waals surface area contributed by atoms with Gasteiger partial charge in [-0.2, -0.15) is 13.0 Å². The normalized spacial score (nSPS) is 18.2. The number of nitrogens with zero attached hydrogens (tertiary/aromatic N) is 2. The third-order valence-electron chi connectivity index (χ3n) is 9.28. The Hall–Kier alpha value is -3.42. The Morgan fingerprint density at radius 1 is 0.979 bits per heavy atom. The van der Waals surface area contributed by atoms with Crippen LogP contribution in [0, 0.1) is 0 Å². The fraction of sp³-hybridized carbons (Fsp3) is 0.444. The average molecular weight is 698 g/mol. The minimum Gasteiger partial charge on any atom is -0.768 e. The maximum Gasteiger partial charge on any atom is 0.294 e. The van der Waals surface area contributed by atoms with E-state index in [9.17, 15) is 26.5 Å². The minimum atomic E-state index is -4.32. The Bertz CT molecular complexity index is 1790. The molecule has 10 nitrogen and oxygen atoms in total. The van der Waals surface area contributed by atoms with E-state index in [1.54, 1.807) is 18.2 Å². The molecule has 12 heteroatoms. The predicted molar refractivity (Wildman–Crippen MR) is 188 cm³/mol. The number of hydrogen-bond acceptors (Lipinski definition) is 7. The summed E-state index contributed by atoms with van der Waals surface area (Å²) in [4.78, 5) is 14.5. The third-order valence-corrected chi connectivity index (χ3v) is 10.8. The van der Waals surface area contributed by atoms with Crippen molar-refractivity contribution in [1.82, 2.24) is 5.32 Å². The molecular formula is C36H47N3O7S2. The van der Waals surface area contributed by atoms with Gasteiger partial charge < -0.3 is 19.9 Å². The number of rotatable bonds is 15. The third kappa shape index (κ3) is 8.23. The number of aliphatic hydroxyl groups excluding tert-OH is 1. The first kappa shape index (κ1) is 37.4. The fourth-order valence-electron chi connectivity index (χ4n) is 6.62. The number of benzene rings is 2. The van der Waals surface area contributed by atoms with Crippen LogP contribution in [0.5, 0.6) is 0 Å². The second-order valence-electron chi connectivity index (χ2n) is 13.3. The molecule has 0 bridgehead atoms. The lowest BCUT2D eigenvalue weighted by Gasteiger charge is -2.27. The molecule has 0 aromatic heterocycles. The lowest BCUT2D eigenvalue weighted by molar-refractivity contribution is -0.401. The van der Waals surface area contributed by atoms with Gasteiger partial charge in [0.25, 0.3) is 10.1 Å². The number of allylic oxidation sites excluding steroid dienone is 6. The summed E-state index contributed by atoms with van der Waals surface area (Å²) in [7, 11) is -2.39. The first-order valence-corrected chi connectivity index (χ1v) is 18.8. The number of hydrogen-bond donors (Lipinski definition) is 3. The molecule has 0 fully saturated rings. The van der Waals surface area contributed by atoms with Gasteiger partial charge in [0.15, 0.2) is 5.71 Å². The van der Waals surface area contributed by atoms with Gasteiger partial charge in [-0.3, -0.25) is 13.6 Å². The molecule has 2 aliphatic heterocycles. The number of aliphatic hydroxyl groups is 1. The van der Waals surface area contributed by atoms with E-state index in [2.05, 4.69) is 30.1 Å². The van der Waals surface area contributed by atoms with Gasteiger partial charge in [-0.05, 0) is 92.6 Å². The number of carbonyl (C=O) groups is 1. The Balaban J connectivity index is 1.50. The molecule has 2 heterocycles. The van der Waals surface area contributed by atoms with Gasteiger partial charge >= 0.3 is 0 Å². The summed E-state index contributed by atoms with van der Waals surface area (Å²) in [6.45, 7) is 9.61. The van der Waals surface area contributed by atoms with Crippen LogP contribution < -0.4 is 10.2 Å². The van der Waals surface area contributed by atoms with Crippen molar-refractivity contribution in [2.75, 3.05) is 31.6 Å². The zero-order chi connectivity index (χ0) is 35.3. The molecule has 2 aromatic rings. The van der Waals surface area contributed by atoms with Crippen molar-refractivity contribution in [3.8, 4) is 0 Å². The molecule has 0 saturated heterocycles. The highest BCUT2D eigenvalue weighted by atomic mass is 32.2. The van der Waals surface area contributed by atoms with Gasteiger partial charge in [0, 0.05) is 65.5 Å². The molecule has 1 amide bonds. The lowest BCUT2D eigenvalue weighted by Crippen LogP contribution is -2.27. The van der Waals surface area contributed by atoms with E-state index in [0.717, 1.165) is 59.6 Å². The Labute approximate surface area is 287 Å². The van der Waals surface area contributed by atoms with Gasteiger partial charge in [-0.1, -0.05) is 38.5 Å². The molecule has 0 aliphatic carbocycles. The highest BCUT2D eigenvalue weighted by Crippen LogP contribution is 2.48. The molecule has 1 atom stereocenters. The van der Waals surface area contributed by atoms with Crippen LogP contribution in [0.1, 0.15) is 77.3 Å². The van der Waals surface area contributed by atoms with Crippen molar-refractivity contribution in [2.24, 2.45) is 0 Å². The zero-order valence-electron chi connectivity index (χ0n) is 28.4. The van der Waals surface area contributed by atoms with Crippen LogP contribution in [0.2, 0.25) is 0 Å². The van der Waals surface area contributed by atoms with E-state index >= 15 is 0 Å². The van der Waals surface area contributed by atoms with Gasteiger partial charge in [0.2, 0.25) is 11.6 Å². The Morgan fingerprint density at radius 2 is 1.73 bits per heavy atom. The molecule has 48 heavy (non-hydrogen) atoms. The maximum absolute atomic E-state index is 12.1. The van der Waals surface area contributed by atoms with Gasteiger partial charge in [0.05, 0.1) is 10.3 Å². The van der Waals surface area contributed by atoms with Crippen LogP contribution in [0.15, 0.2) is 82.3 Å². The first-order chi connectivity index (χ1) is 22.6. The number of unbranched alkanes of at least 4 members (excludes halogenated alkanes) is 3. The highest BCUT2D eigenvalue weighted by Gasteiger charge is 2.43. The van der Waals surface area contributed by atoms with Gasteiger partial charge in [-0.15, -0.1) is 0 Å². The van der Waals surface area contributed by atoms with Crippen LogP contribution >= 0.6 is 0 Å².